The van der Waals surface area contributed by atoms with Gasteiger partial charge in [-0.05, 0) is 48.9 Å². The topological polar surface area (TPSA) is 71.4 Å². The van der Waals surface area contributed by atoms with E-state index in [9.17, 15) is 8.78 Å². The molecule has 2 N–H and O–H groups in total. The van der Waals surface area contributed by atoms with E-state index in [-0.39, 0.29) is 0 Å². The largest absolute Gasteiger partial charge is 0.352 e. The maximum Gasteiger partial charge on any atom is 0.333 e. The molecule has 34 heavy (non-hydrogen) atoms. The molecule has 0 amide bonds. The van der Waals surface area contributed by atoms with Crippen LogP contribution in [0.4, 0.5) is 14.7 Å². The van der Waals surface area contributed by atoms with Gasteiger partial charge in [-0.1, -0.05) is 41.4 Å². The fourth-order valence-electron chi connectivity index (χ4n) is 3.72. The Morgan fingerprint density at radius 1 is 1.03 bits per heavy atom. The van der Waals surface area contributed by atoms with Gasteiger partial charge in [-0.25, -0.2) is 9.67 Å². The van der Waals surface area contributed by atoms with E-state index in [4.69, 9.17) is 28.2 Å². The third-order valence-corrected chi connectivity index (χ3v) is 6.09. The summed E-state index contributed by atoms with van der Waals surface area (Å²) < 4.78 is 27.1. The second kappa shape index (κ2) is 9.04. The lowest BCUT2D eigenvalue weighted by Gasteiger charge is -2.05. The molecule has 3 aromatic heterocycles. The number of rotatable bonds is 6. The first-order valence-electron chi connectivity index (χ1n) is 10.4. The first kappa shape index (κ1) is 22.3. The predicted molar refractivity (Wildman–Crippen MR) is 130 cm³/mol. The average molecular weight is 499 g/mol. The Morgan fingerprint density at radius 2 is 1.88 bits per heavy atom. The molecule has 0 aliphatic rings. The minimum Gasteiger partial charge on any atom is -0.352 e. The number of hydrogen-bond donors (Lipinski definition) is 2. The summed E-state index contributed by atoms with van der Waals surface area (Å²) in [6.07, 6.45) is 1.42. The van der Waals surface area contributed by atoms with Gasteiger partial charge in [0.15, 0.2) is 0 Å². The van der Waals surface area contributed by atoms with E-state index in [1.807, 2.05) is 31.2 Å². The molecule has 5 rings (SSSR count). The van der Waals surface area contributed by atoms with E-state index in [1.54, 1.807) is 30.3 Å². The third kappa shape index (κ3) is 4.34. The van der Waals surface area contributed by atoms with E-state index in [1.165, 1.54) is 6.20 Å². The highest BCUT2D eigenvalue weighted by Crippen LogP contribution is 2.33. The SMILES string of the molecule is Cc1cccc(-c2[nH]c(NCc3ccc(Cl)c(Cl)c3)nc2-c2ccc3c(cnn3C(F)F)c2)n1. The summed E-state index contributed by atoms with van der Waals surface area (Å²) in [4.78, 5) is 12.7. The smallest absolute Gasteiger partial charge is 0.333 e. The number of aromatic amines is 1. The van der Waals surface area contributed by atoms with Crippen molar-refractivity contribution in [3.63, 3.8) is 0 Å². The lowest BCUT2D eigenvalue weighted by Crippen LogP contribution is -2.01. The van der Waals surface area contributed by atoms with Crippen LogP contribution in [0.3, 0.4) is 0 Å². The van der Waals surface area contributed by atoms with Crippen molar-refractivity contribution in [2.75, 3.05) is 5.32 Å². The predicted octanol–water partition coefficient (Wildman–Crippen LogP) is 7.11. The molecule has 0 aliphatic carbocycles. The molecule has 2 aromatic carbocycles. The Morgan fingerprint density at radius 3 is 2.65 bits per heavy atom. The van der Waals surface area contributed by atoms with Gasteiger partial charge in [0.25, 0.3) is 0 Å². The van der Waals surface area contributed by atoms with Crippen molar-refractivity contribution in [2.24, 2.45) is 0 Å². The molecular formula is C24H18Cl2F2N6. The minimum absolute atomic E-state index is 0.350. The zero-order valence-electron chi connectivity index (χ0n) is 17.9. The first-order chi connectivity index (χ1) is 16.4. The lowest BCUT2D eigenvalue weighted by atomic mass is 10.1. The zero-order valence-corrected chi connectivity index (χ0v) is 19.4. The molecule has 0 saturated heterocycles. The summed E-state index contributed by atoms with van der Waals surface area (Å²) in [6.45, 7) is -0.337. The van der Waals surface area contributed by atoms with Crippen molar-refractivity contribution in [1.82, 2.24) is 24.7 Å². The van der Waals surface area contributed by atoms with Crippen molar-refractivity contribution in [1.29, 1.82) is 0 Å². The molecular weight excluding hydrogens is 481 g/mol. The summed E-state index contributed by atoms with van der Waals surface area (Å²) in [7, 11) is 0. The van der Waals surface area contributed by atoms with Crippen molar-refractivity contribution < 1.29 is 8.78 Å². The van der Waals surface area contributed by atoms with Gasteiger partial charge in [-0.3, -0.25) is 4.98 Å². The highest BCUT2D eigenvalue weighted by atomic mass is 35.5. The van der Waals surface area contributed by atoms with Gasteiger partial charge in [-0.15, -0.1) is 0 Å². The molecule has 0 unspecified atom stereocenters. The Hall–Kier alpha value is -3.49. The standard InChI is InChI=1S/C24H18Cl2F2N6/c1-13-3-2-4-19(31-13)22-21(15-6-8-20-16(10-15)12-30-34(20)23(27)28)32-24(33-22)29-11-14-5-7-17(25)18(26)9-14/h2-10,12,23H,11H2,1H3,(H2,29,32,33). The Labute approximate surface area is 203 Å². The molecule has 6 nitrogen and oxygen atoms in total. The number of H-pyrrole nitrogens is 1. The molecule has 0 bridgehead atoms. The zero-order chi connectivity index (χ0) is 23.8. The monoisotopic (exact) mass is 498 g/mol. The average Bonchev–Trinajstić information content (AvgIpc) is 3.44. The third-order valence-electron chi connectivity index (χ3n) is 5.35. The quantitative estimate of drug-likeness (QED) is 0.261. The second-order valence-electron chi connectivity index (χ2n) is 7.72. The number of imidazole rings is 1. The van der Waals surface area contributed by atoms with Crippen LogP contribution in [-0.2, 0) is 6.54 Å². The molecule has 3 heterocycles. The van der Waals surface area contributed by atoms with Crippen LogP contribution in [0.1, 0.15) is 17.8 Å². The number of aryl methyl sites for hydroxylation is 1. The number of fused-ring (bicyclic) bond motifs is 1. The Bertz CT molecular complexity index is 1490. The fourth-order valence-corrected chi connectivity index (χ4v) is 4.05. The normalized spacial score (nSPS) is 11.5. The second-order valence-corrected chi connectivity index (χ2v) is 8.53. The molecule has 0 saturated carbocycles. The van der Waals surface area contributed by atoms with Crippen LogP contribution in [0, 0.1) is 6.92 Å². The van der Waals surface area contributed by atoms with Gasteiger partial charge in [0.2, 0.25) is 5.95 Å². The number of benzene rings is 2. The van der Waals surface area contributed by atoms with Gasteiger partial charge in [0, 0.05) is 23.2 Å². The molecule has 10 heteroatoms. The van der Waals surface area contributed by atoms with Crippen LogP contribution in [0.15, 0.2) is 60.8 Å². The molecule has 5 aromatic rings. The maximum atomic E-state index is 13.2. The number of hydrogen-bond acceptors (Lipinski definition) is 4. The molecule has 0 atom stereocenters. The van der Waals surface area contributed by atoms with E-state index in [0.29, 0.717) is 55.2 Å². The number of halogens is 4. The highest BCUT2D eigenvalue weighted by molar-refractivity contribution is 6.42. The molecule has 0 radical (unpaired) electrons. The minimum atomic E-state index is -2.71. The summed E-state index contributed by atoms with van der Waals surface area (Å²) in [5, 5.41) is 8.62. The lowest BCUT2D eigenvalue weighted by molar-refractivity contribution is 0.0615. The molecule has 0 fully saturated rings. The van der Waals surface area contributed by atoms with Gasteiger partial charge < -0.3 is 10.3 Å². The van der Waals surface area contributed by atoms with E-state index >= 15 is 0 Å². The van der Waals surface area contributed by atoms with Gasteiger partial charge >= 0.3 is 6.55 Å². The van der Waals surface area contributed by atoms with E-state index < -0.39 is 6.55 Å². The highest BCUT2D eigenvalue weighted by Gasteiger charge is 2.18. The van der Waals surface area contributed by atoms with Crippen molar-refractivity contribution in [2.45, 2.75) is 20.0 Å². The summed E-state index contributed by atoms with van der Waals surface area (Å²) in [5.41, 5.74) is 4.96. The number of aromatic nitrogens is 5. The number of anilines is 1. The van der Waals surface area contributed by atoms with Crippen molar-refractivity contribution in [3.8, 4) is 22.6 Å². The van der Waals surface area contributed by atoms with Crippen LogP contribution >= 0.6 is 23.2 Å². The summed E-state index contributed by atoms with van der Waals surface area (Å²) in [6, 6.07) is 16.3. The molecule has 172 valence electrons. The van der Waals surface area contributed by atoms with Crippen LogP contribution < -0.4 is 5.32 Å². The molecule has 0 spiro atoms. The van der Waals surface area contributed by atoms with Gasteiger partial charge in [-0.2, -0.15) is 13.9 Å². The summed E-state index contributed by atoms with van der Waals surface area (Å²) >= 11 is 12.1. The Kier molecular flexibility index (Phi) is 5.93. The van der Waals surface area contributed by atoms with Crippen molar-refractivity contribution >= 4 is 40.1 Å². The van der Waals surface area contributed by atoms with Crippen LogP contribution in [0.5, 0.6) is 0 Å². The van der Waals surface area contributed by atoms with Crippen LogP contribution in [-0.4, -0.2) is 24.7 Å². The number of nitrogens with one attached hydrogen (secondary N) is 2. The van der Waals surface area contributed by atoms with Crippen LogP contribution in [0.2, 0.25) is 10.0 Å². The first-order valence-corrected chi connectivity index (χ1v) is 11.1. The number of pyridine rings is 1. The van der Waals surface area contributed by atoms with E-state index in [0.717, 1.165) is 16.8 Å². The molecule has 0 aliphatic heterocycles. The van der Waals surface area contributed by atoms with Gasteiger partial charge in [0.05, 0.1) is 38.8 Å². The van der Waals surface area contributed by atoms with Crippen LogP contribution in [0.25, 0.3) is 33.5 Å². The summed E-state index contributed by atoms with van der Waals surface area (Å²) in [5.74, 6) is 0.530. The number of nitrogens with zero attached hydrogens (tertiary/aromatic N) is 4. The van der Waals surface area contributed by atoms with Gasteiger partial charge in [0.1, 0.15) is 0 Å². The number of alkyl halides is 2. The van der Waals surface area contributed by atoms with Crippen molar-refractivity contribution in [3.05, 3.63) is 82.1 Å². The Balaban J connectivity index is 1.54. The fraction of sp³-hybridized carbons (Fsp3) is 0.125. The maximum absolute atomic E-state index is 13.2. The van der Waals surface area contributed by atoms with E-state index in [2.05, 4.69) is 20.4 Å².